The standard InChI is InChI=1S/C9H12N2S/c1-7-3-2-4-8(5-7)11-9(10)6-12/h2-6,9,11H,10H2,1H3. The molecule has 0 spiro atoms. The summed E-state index contributed by atoms with van der Waals surface area (Å²) < 4.78 is 0. The van der Waals surface area contributed by atoms with Crippen molar-refractivity contribution in [1.82, 2.24) is 0 Å². The highest BCUT2D eigenvalue weighted by atomic mass is 32.1. The Morgan fingerprint density at radius 3 is 2.92 bits per heavy atom. The monoisotopic (exact) mass is 180 g/mol. The smallest absolute Gasteiger partial charge is 0.104 e. The van der Waals surface area contributed by atoms with Gasteiger partial charge in [0.1, 0.15) is 6.17 Å². The molecule has 0 heterocycles. The van der Waals surface area contributed by atoms with Gasteiger partial charge < -0.3 is 11.1 Å². The number of thiocarbonyl (C=S) groups is 1. The minimum Gasteiger partial charge on any atom is -0.366 e. The maximum absolute atomic E-state index is 5.58. The molecular formula is C9H12N2S. The Morgan fingerprint density at radius 1 is 1.58 bits per heavy atom. The summed E-state index contributed by atoms with van der Waals surface area (Å²) in [5.74, 6) is 0. The van der Waals surface area contributed by atoms with E-state index in [9.17, 15) is 0 Å². The molecule has 3 heteroatoms. The van der Waals surface area contributed by atoms with E-state index >= 15 is 0 Å². The Labute approximate surface area is 77.8 Å². The van der Waals surface area contributed by atoms with Crippen molar-refractivity contribution in [3.8, 4) is 0 Å². The molecule has 1 aromatic carbocycles. The molecule has 3 N–H and O–H groups in total. The van der Waals surface area contributed by atoms with Crippen LogP contribution >= 0.6 is 12.2 Å². The first-order valence-corrected chi connectivity index (χ1v) is 4.23. The molecule has 0 radical (unpaired) electrons. The first kappa shape index (κ1) is 9.16. The van der Waals surface area contributed by atoms with Crippen LogP contribution in [0, 0.1) is 6.92 Å². The van der Waals surface area contributed by atoms with E-state index in [1.54, 1.807) is 0 Å². The summed E-state index contributed by atoms with van der Waals surface area (Å²) in [5, 5.41) is 4.55. The van der Waals surface area contributed by atoms with Crippen molar-refractivity contribution in [2.24, 2.45) is 5.73 Å². The number of benzene rings is 1. The van der Waals surface area contributed by atoms with Crippen LogP contribution in [0.15, 0.2) is 24.3 Å². The predicted octanol–water partition coefficient (Wildman–Crippen LogP) is 1.69. The van der Waals surface area contributed by atoms with Gasteiger partial charge >= 0.3 is 0 Å². The summed E-state index contributed by atoms with van der Waals surface area (Å²) in [5.41, 5.74) is 7.79. The third-order valence-electron chi connectivity index (χ3n) is 1.50. The van der Waals surface area contributed by atoms with Gasteiger partial charge in [-0.05, 0) is 24.6 Å². The van der Waals surface area contributed by atoms with Gasteiger partial charge in [0, 0.05) is 11.1 Å². The number of rotatable bonds is 3. The molecular weight excluding hydrogens is 168 g/mol. The van der Waals surface area contributed by atoms with Crippen molar-refractivity contribution in [3.05, 3.63) is 29.8 Å². The van der Waals surface area contributed by atoms with Gasteiger partial charge in [0.2, 0.25) is 0 Å². The van der Waals surface area contributed by atoms with Crippen LogP contribution in [0.2, 0.25) is 0 Å². The second kappa shape index (κ2) is 4.18. The summed E-state index contributed by atoms with van der Waals surface area (Å²) in [6.45, 7) is 2.04. The molecule has 2 nitrogen and oxygen atoms in total. The number of hydrogen-bond donors (Lipinski definition) is 2. The fourth-order valence-corrected chi connectivity index (χ4v) is 1.03. The van der Waals surface area contributed by atoms with Crippen LogP contribution in [0.3, 0.4) is 0 Å². The SMILES string of the molecule is Cc1cccc(NC(N)C=S)c1. The Hall–Kier alpha value is -0.930. The Kier molecular flexibility index (Phi) is 3.19. The van der Waals surface area contributed by atoms with E-state index in [1.807, 2.05) is 31.2 Å². The van der Waals surface area contributed by atoms with Gasteiger partial charge in [-0.1, -0.05) is 24.4 Å². The molecule has 0 amide bonds. The van der Waals surface area contributed by atoms with Crippen LogP contribution in [0.4, 0.5) is 5.69 Å². The van der Waals surface area contributed by atoms with E-state index in [0.717, 1.165) is 5.69 Å². The zero-order chi connectivity index (χ0) is 8.97. The second-order valence-electron chi connectivity index (χ2n) is 2.68. The molecule has 0 fully saturated rings. The van der Waals surface area contributed by atoms with E-state index in [-0.39, 0.29) is 6.17 Å². The van der Waals surface area contributed by atoms with Crippen molar-refractivity contribution < 1.29 is 0 Å². The number of nitrogens with one attached hydrogen (secondary N) is 1. The molecule has 0 aliphatic heterocycles. The summed E-state index contributed by atoms with van der Waals surface area (Å²) in [6.07, 6.45) is -0.248. The molecule has 1 atom stereocenters. The third kappa shape index (κ3) is 2.60. The van der Waals surface area contributed by atoms with Crippen molar-refractivity contribution in [3.63, 3.8) is 0 Å². The summed E-state index contributed by atoms with van der Waals surface area (Å²) >= 11 is 4.69. The fourth-order valence-electron chi connectivity index (χ4n) is 0.961. The second-order valence-corrected chi connectivity index (χ2v) is 2.95. The van der Waals surface area contributed by atoms with Crippen LogP contribution in [0.5, 0.6) is 0 Å². The first-order chi connectivity index (χ1) is 5.72. The minimum absolute atomic E-state index is 0.248. The predicted molar refractivity (Wildman–Crippen MR) is 56.4 cm³/mol. The molecule has 0 bridgehead atoms. The quantitative estimate of drug-likeness (QED) is 0.549. The minimum atomic E-state index is -0.248. The van der Waals surface area contributed by atoms with Gasteiger partial charge in [0.05, 0.1) is 0 Å². The molecule has 0 saturated carbocycles. The molecule has 1 aromatic rings. The Balaban J connectivity index is 2.69. The van der Waals surface area contributed by atoms with Crippen LogP contribution in [-0.2, 0) is 0 Å². The maximum atomic E-state index is 5.58. The summed E-state index contributed by atoms with van der Waals surface area (Å²) in [6, 6.07) is 8.01. The van der Waals surface area contributed by atoms with Crippen molar-refractivity contribution >= 4 is 23.3 Å². The average molecular weight is 180 g/mol. The van der Waals surface area contributed by atoms with E-state index < -0.39 is 0 Å². The summed E-state index contributed by atoms with van der Waals surface area (Å²) in [7, 11) is 0. The molecule has 0 aromatic heterocycles. The normalized spacial score (nSPS) is 12.2. The Morgan fingerprint density at radius 2 is 2.33 bits per heavy atom. The lowest BCUT2D eigenvalue weighted by Crippen LogP contribution is -2.30. The van der Waals surface area contributed by atoms with Gasteiger partial charge in [-0.3, -0.25) is 0 Å². The van der Waals surface area contributed by atoms with Gasteiger partial charge in [-0.25, -0.2) is 0 Å². The van der Waals surface area contributed by atoms with E-state index in [1.165, 1.54) is 10.9 Å². The maximum Gasteiger partial charge on any atom is 0.104 e. The zero-order valence-corrected chi connectivity index (χ0v) is 7.77. The lowest BCUT2D eigenvalue weighted by molar-refractivity contribution is 1.02. The summed E-state index contributed by atoms with van der Waals surface area (Å²) in [4.78, 5) is 0. The Bertz CT molecular complexity index is 273. The largest absolute Gasteiger partial charge is 0.366 e. The molecule has 1 unspecified atom stereocenters. The van der Waals surface area contributed by atoms with Crippen molar-refractivity contribution in [1.29, 1.82) is 0 Å². The highest BCUT2D eigenvalue weighted by molar-refractivity contribution is 7.79. The van der Waals surface area contributed by atoms with Crippen LogP contribution in [0.1, 0.15) is 5.56 Å². The van der Waals surface area contributed by atoms with Crippen LogP contribution in [0.25, 0.3) is 0 Å². The topological polar surface area (TPSA) is 38.0 Å². The molecule has 0 aliphatic carbocycles. The number of aryl methyl sites for hydroxylation is 1. The zero-order valence-electron chi connectivity index (χ0n) is 6.95. The van der Waals surface area contributed by atoms with Crippen molar-refractivity contribution in [2.75, 3.05) is 5.32 Å². The van der Waals surface area contributed by atoms with Gasteiger partial charge in [-0.15, -0.1) is 0 Å². The lowest BCUT2D eigenvalue weighted by atomic mass is 10.2. The highest BCUT2D eigenvalue weighted by Gasteiger charge is 1.96. The van der Waals surface area contributed by atoms with E-state index in [0.29, 0.717) is 0 Å². The fraction of sp³-hybridized carbons (Fsp3) is 0.222. The first-order valence-electron chi connectivity index (χ1n) is 3.76. The molecule has 12 heavy (non-hydrogen) atoms. The van der Waals surface area contributed by atoms with E-state index in [4.69, 9.17) is 18.0 Å². The number of nitrogens with two attached hydrogens (primary N) is 1. The number of anilines is 1. The number of hydrogen-bond acceptors (Lipinski definition) is 3. The lowest BCUT2D eigenvalue weighted by Gasteiger charge is -2.09. The molecule has 64 valence electrons. The van der Waals surface area contributed by atoms with Crippen molar-refractivity contribution in [2.45, 2.75) is 13.1 Å². The average Bonchev–Trinajstić information content (AvgIpc) is 2.04. The van der Waals surface area contributed by atoms with Crippen LogP contribution < -0.4 is 11.1 Å². The van der Waals surface area contributed by atoms with Gasteiger partial charge in [0.25, 0.3) is 0 Å². The van der Waals surface area contributed by atoms with E-state index in [2.05, 4.69) is 5.32 Å². The molecule has 0 saturated heterocycles. The van der Waals surface area contributed by atoms with Gasteiger partial charge in [-0.2, -0.15) is 0 Å². The van der Waals surface area contributed by atoms with Crippen LogP contribution in [-0.4, -0.2) is 11.5 Å². The molecule has 0 aliphatic rings. The molecule has 1 rings (SSSR count). The highest BCUT2D eigenvalue weighted by Crippen LogP contribution is 2.09. The third-order valence-corrected chi connectivity index (χ3v) is 1.79. The van der Waals surface area contributed by atoms with Gasteiger partial charge in [0.15, 0.2) is 0 Å².